The quantitative estimate of drug-likeness (QED) is 0.824. The third kappa shape index (κ3) is 2.42. The van der Waals surface area contributed by atoms with E-state index >= 15 is 0 Å². The molecule has 13 heavy (non-hydrogen) atoms. The maximum absolute atomic E-state index is 12.9. The summed E-state index contributed by atoms with van der Waals surface area (Å²) in [5, 5.41) is 3.23. The number of nitrogens with one attached hydrogen (secondary N) is 1. The van der Waals surface area contributed by atoms with Gasteiger partial charge in [-0.05, 0) is 36.7 Å². The number of hydrogen-bond donors (Lipinski definition) is 1. The lowest BCUT2D eigenvalue weighted by Crippen LogP contribution is -2.34. The summed E-state index contributed by atoms with van der Waals surface area (Å²) >= 11 is 3.27. The van der Waals surface area contributed by atoms with Gasteiger partial charge >= 0.3 is 0 Å². The third-order valence-corrected chi connectivity index (χ3v) is 2.57. The highest BCUT2D eigenvalue weighted by Gasteiger charge is 2.18. The van der Waals surface area contributed by atoms with E-state index in [2.05, 4.69) is 21.2 Å². The molecule has 1 aromatic carbocycles. The number of halogens is 3. The van der Waals surface area contributed by atoms with Crippen LogP contribution in [0.3, 0.4) is 0 Å². The normalized spacial score (nSPS) is 20.3. The predicted octanol–water partition coefficient (Wildman–Crippen LogP) is 3.04. The molecule has 0 spiro atoms. The lowest BCUT2D eigenvalue weighted by atomic mass is 9.98. The zero-order chi connectivity index (χ0) is 8.55. The van der Waals surface area contributed by atoms with E-state index < -0.39 is 0 Å². The average Bonchev–Trinajstić information content (AvgIpc) is 1.79. The van der Waals surface area contributed by atoms with Crippen molar-refractivity contribution < 1.29 is 4.39 Å². The second kappa shape index (κ2) is 4.40. The molecule has 1 saturated heterocycles. The van der Waals surface area contributed by atoms with E-state index in [9.17, 15) is 4.39 Å². The zero-order valence-corrected chi connectivity index (χ0v) is 9.29. The molecule has 0 saturated carbocycles. The van der Waals surface area contributed by atoms with Crippen LogP contribution in [0, 0.1) is 5.82 Å². The Balaban J connectivity index is 0.000000845. The van der Waals surface area contributed by atoms with Crippen molar-refractivity contribution in [2.45, 2.75) is 12.5 Å². The van der Waals surface area contributed by atoms with Crippen LogP contribution in [0.25, 0.3) is 0 Å². The van der Waals surface area contributed by atoms with Gasteiger partial charge in [-0.2, -0.15) is 0 Å². The van der Waals surface area contributed by atoms with E-state index in [-0.39, 0.29) is 18.2 Å². The van der Waals surface area contributed by atoms with Crippen LogP contribution in [-0.2, 0) is 0 Å². The summed E-state index contributed by atoms with van der Waals surface area (Å²) in [5.41, 5.74) is 1.04. The lowest BCUT2D eigenvalue weighted by Gasteiger charge is -2.28. The van der Waals surface area contributed by atoms with Crippen molar-refractivity contribution >= 4 is 28.3 Å². The highest BCUT2D eigenvalue weighted by Crippen LogP contribution is 2.26. The predicted molar refractivity (Wildman–Crippen MR) is 56.7 cm³/mol. The van der Waals surface area contributed by atoms with E-state index in [1.165, 1.54) is 6.07 Å². The van der Waals surface area contributed by atoms with Gasteiger partial charge in [-0.1, -0.05) is 15.9 Å². The smallest absolute Gasteiger partial charge is 0.124 e. The van der Waals surface area contributed by atoms with Gasteiger partial charge in [0.1, 0.15) is 5.82 Å². The van der Waals surface area contributed by atoms with Gasteiger partial charge in [0.2, 0.25) is 0 Å². The van der Waals surface area contributed by atoms with Crippen molar-refractivity contribution in [2.24, 2.45) is 0 Å². The van der Waals surface area contributed by atoms with Crippen molar-refractivity contribution in [3.8, 4) is 0 Å². The Morgan fingerprint density at radius 2 is 2.08 bits per heavy atom. The van der Waals surface area contributed by atoms with Crippen molar-refractivity contribution in [3.05, 3.63) is 34.1 Å². The van der Waals surface area contributed by atoms with Crippen LogP contribution in [0.1, 0.15) is 18.0 Å². The topological polar surface area (TPSA) is 12.0 Å². The first-order valence-electron chi connectivity index (χ1n) is 3.95. The Hall–Kier alpha value is -0.120. The molecule has 1 aliphatic rings. The molecule has 1 nitrogen and oxygen atoms in total. The van der Waals surface area contributed by atoms with E-state index in [4.69, 9.17) is 0 Å². The number of benzene rings is 1. The maximum atomic E-state index is 12.9. The Morgan fingerprint density at radius 1 is 1.38 bits per heavy atom. The fraction of sp³-hybridized carbons (Fsp3) is 0.333. The minimum absolute atomic E-state index is 0. The molecule has 1 aromatic rings. The molecule has 1 heterocycles. The molecule has 0 unspecified atom stereocenters. The molecule has 0 aromatic heterocycles. The van der Waals surface area contributed by atoms with Gasteiger partial charge < -0.3 is 5.32 Å². The van der Waals surface area contributed by atoms with Crippen molar-refractivity contribution in [3.63, 3.8) is 0 Å². The molecule has 2 rings (SSSR count). The van der Waals surface area contributed by atoms with Crippen LogP contribution in [0.2, 0.25) is 0 Å². The molecule has 0 amide bonds. The molecule has 1 atom stereocenters. The summed E-state index contributed by atoms with van der Waals surface area (Å²) in [4.78, 5) is 0. The summed E-state index contributed by atoms with van der Waals surface area (Å²) in [6.45, 7) is 1.04. The second-order valence-electron chi connectivity index (χ2n) is 3.00. The van der Waals surface area contributed by atoms with Crippen LogP contribution in [-0.4, -0.2) is 6.54 Å². The minimum Gasteiger partial charge on any atom is -0.310 e. The Bertz CT molecular complexity index is 281. The monoisotopic (exact) mass is 265 g/mol. The number of hydrogen-bond acceptors (Lipinski definition) is 1. The summed E-state index contributed by atoms with van der Waals surface area (Å²) in [7, 11) is 0. The molecular weight excluding hydrogens is 256 g/mol. The van der Waals surface area contributed by atoms with Crippen molar-refractivity contribution in [2.75, 3.05) is 6.54 Å². The molecule has 72 valence electrons. The standard InChI is InChI=1S/C9H9BrFN.ClH/c10-7-3-6(4-8(11)5-7)9-1-2-12-9;/h3-5,9,12H,1-2H2;1H/t9-;/m1./s1. The summed E-state index contributed by atoms with van der Waals surface area (Å²) in [6.07, 6.45) is 1.11. The van der Waals surface area contributed by atoms with Crippen LogP contribution in [0.5, 0.6) is 0 Å². The summed E-state index contributed by atoms with van der Waals surface area (Å²) < 4.78 is 13.7. The van der Waals surface area contributed by atoms with Gasteiger partial charge in [0.25, 0.3) is 0 Å². The number of rotatable bonds is 1. The molecule has 1 fully saturated rings. The first kappa shape index (κ1) is 11.0. The van der Waals surface area contributed by atoms with E-state index in [1.807, 2.05) is 6.07 Å². The van der Waals surface area contributed by atoms with E-state index in [1.54, 1.807) is 6.07 Å². The van der Waals surface area contributed by atoms with Gasteiger partial charge in [-0.25, -0.2) is 4.39 Å². The Morgan fingerprint density at radius 3 is 2.54 bits per heavy atom. The van der Waals surface area contributed by atoms with Crippen LogP contribution in [0.15, 0.2) is 22.7 Å². The largest absolute Gasteiger partial charge is 0.310 e. The van der Waals surface area contributed by atoms with Crippen LogP contribution >= 0.6 is 28.3 Å². The fourth-order valence-electron chi connectivity index (χ4n) is 1.35. The van der Waals surface area contributed by atoms with Gasteiger partial charge in [-0.15, -0.1) is 12.4 Å². The fourth-order valence-corrected chi connectivity index (χ4v) is 1.83. The molecule has 0 bridgehead atoms. The average molecular weight is 267 g/mol. The van der Waals surface area contributed by atoms with E-state index in [0.717, 1.165) is 23.0 Å². The molecule has 0 aliphatic carbocycles. The second-order valence-corrected chi connectivity index (χ2v) is 3.91. The van der Waals surface area contributed by atoms with E-state index in [0.29, 0.717) is 6.04 Å². The third-order valence-electron chi connectivity index (χ3n) is 2.11. The molecule has 1 aliphatic heterocycles. The minimum atomic E-state index is -0.173. The maximum Gasteiger partial charge on any atom is 0.124 e. The zero-order valence-electron chi connectivity index (χ0n) is 6.89. The summed E-state index contributed by atoms with van der Waals surface area (Å²) in [6, 6.07) is 5.38. The van der Waals surface area contributed by atoms with Gasteiger partial charge in [0.15, 0.2) is 0 Å². The highest BCUT2D eigenvalue weighted by molar-refractivity contribution is 9.10. The van der Waals surface area contributed by atoms with Gasteiger partial charge in [0.05, 0.1) is 0 Å². The van der Waals surface area contributed by atoms with Gasteiger partial charge in [0, 0.05) is 10.5 Å². The Labute approximate surface area is 91.3 Å². The summed E-state index contributed by atoms with van der Waals surface area (Å²) in [5.74, 6) is -0.173. The van der Waals surface area contributed by atoms with Crippen LogP contribution < -0.4 is 5.32 Å². The first-order valence-corrected chi connectivity index (χ1v) is 4.74. The molecular formula is C9H10BrClFN. The highest BCUT2D eigenvalue weighted by atomic mass is 79.9. The Kier molecular flexibility index (Phi) is 3.71. The van der Waals surface area contributed by atoms with Crippen molar-refractivity contribution in [1.29, 1.82) is 0 Å². The van der Waals surface area contributed by atoms with Gasteiger partial charge in [-0.3, -0.25) is 0 Å². The van der Waals surface area contributed by atoms with Crippen LogP contribution in [0.4, 0.5) is 4.39 Å². The first-order chi connectivity index (χ1) is 5.75. The molecule has 4 heteroatoms. The lowest BCUT2D eigenvalue weighted by molar-refractivity contribution is 0.381. The molecule has 0 radical (unpaired) electrons. The van der Waals surface area contributed by atoms with Crippen molar-refractivity contribution in [1.82, 2.24) is 5.32 Å². The SMILES string of the molecule is Cl.Fc1cc(Br)cc([C@H]2CCN2)c1. The molecule has 1 N–H and O–H groups in total.